The molecule has 1 aromatic carbocycles. The first-order chi connectivity index (χ1) is 16.1. The average molecular weight is 448 g/mol. The van der Waals surface area contributed by atoms with Gasteiger partial charge in [-0.15, -0.1) is 0 Å². The number of rotatable bonds is 5. The minimum atomic E-state index is 0.127. The number of H-pyrrole nitrogens is 1. The molecule has 0 atom stereocenters. The van der Waals surface area contributed by atoms with Gasteiger partial charge in [0.25, 0.3) is 5.91 Å². The van der Waals surface area contributed by atoms with E-state index < -0.39 is 0 Å². The van der Waals surface area contributed by atoms with Crippen LogP contribution in [0.1, 0.15) is 37.0 Å². The number of fused-ring (bicyclic) bond motifs is 1. The second-order valence-corrected chi connectivity index (χ2v) is 9.33. The maximum Gasteiger partial charge on any atom is 0.253 e. The number of ether oxygens (including phenoxy) is 1. The van der Waals surface area contributed by atoms with E-state index in [1.54, 1.807) is 0 Å². The van der Waals surface area contributed by atoms with Crippen molar-refractivity contribution in [2.45, 2.75) is 38.8 Å². The van der Waals surface area contributed by atoms with E-state index in [0.717, 1.165) is 85.6 Å². The second-order valence-electron chi connectivity index (χ2n) is 9.33. The molecule has 33 heavy (non-hydrogen) atoms. The SMILES string of the molecule is CC(C)Nc1c(-c2ccc(C(=O)N3CCC(N4CCOCC4)CC3)cc2)cnc2[nH]ccc12. The lowest BCUT2D eigenvalue weighted by atomic mass is 10.00. The van der Waals surface area contributed by atoms with Crippen LogP contribution >= 0.6 is 0 Å². The first kappa shape index (κ1) is 21.9. The van der Waals surface area contributed by atoms with E-state index in [1.807, 2.05) is 41.6 Å². The Morgan fingerprint density at radius 2 is 1.82 bits per heavy atom. The molecular weight excluding hydrogens is 414 g/mol. The number of nitrogens with one attached hydrogen (secondary N) is 2. The normalized spacial score (nSPS) is 18.2. The maximum absolute atomic E-state index is 13.1. The summed E-state index contributed by atoms with van der Waals surface area (Å²) in [4.78, 5) is 25.4. The van der Waals surface area contributed by atoms with E-state index in [-0.39, 0.29) is 5.91 Å². The lowest BCUT2D eigenvalue weighted by Crippen LogP contribution is -2.50. The van der Waals surface area contributed by atoms with E-state index in [9.17, 15) is 4.79 Å². The molecule has 0 unspecified atom stereocenters. The number of hydrogen-bond acceptors (Lipinski definition) is 5. The molecule has 0 spiro atoms. The fourth-order valence-electron chi connectivity index (χ4n) is 5.02. The van der Waals surface area contributed by atoms with E-state index in [1.165, 1.54) is 0 Å². The highest BCUT2D eigenvalue weighted by Crippen LogP contribution is 2.34. The first-order valence-corrected chi connectivity index (χ1v) is 12.0. The Morgan fingerprint density at radius 1 is 1.09 bits per heavy atom. The molecule has 2 saturated heterocycles. The molecule has 3 aromatic rings. The summed E-state index contributed by atoms with van der Waals surface area (Å²) in [6, 6.07) is 10.9. The molecule has 174 valence electrons. The summed E-state index contributed by atoms with van der Waals surface area (Å²) in [6.45, 7) is 9.57. The van der Waals surface area contributed by atoms with Crippen LogP contribution in [0, 0.1) is 0 Å². The van der Waals surface area contributed by atoms with E-state index in [2.05, 4.69) is 40.1 Å². The first-order valence-electron chi connectivity index (χ1n) is 12.0. The summed E-state index contributed by atoms with van der Waals surface area (Å²) < 4.78 is 5.48. The second kappa shape index (κ2) is 9.53. The van der Waals surface area contributed by atoms with Crippen molar-refractivity contribution < 1.29 is 9.53 Å². The zero-order chi connectivity index (χ0) is 22.8. The molecule has 2 aliphatic rings. The Kier molecular flexibility index (Phi) is 6.33. The van der Waals surface area contributed by atoms with E-state index >= 15 is 0 Å². The summed E-state index contributed by atoms with van der Waals surface area (Å²) in [5, 5.41) is 4.65. The van der Waals surface area contributed by atoms with Crippen LogP contribution in [-0.4, -0.2) is 77.2 Å². The topological polar surface area (TPSA) is 73.5 Å². The van der Waals surface area contributed by atoms with Crippen molar-refractivity contribution >= 4 is 22.6 Å². The molecule has 4 heterocycles. The molecule has 2 fully saturated rings. The monoisotopic (exact) mass is 447 g/mol. The van der Waals surface area contributed by atoms with Gasteiger partial charge in [0, 0.05) is 67.2 Å². The van der Waals surface area contributed by atoms with Crippen LogP contribution < -0.4 is 5.32 Å². The number of morpholine rings is 1. The van der Waals surface area contributed by atoms with E-state index in [0.29, 0.717) is 12.1 Å². The summed E-state index contributed by atoms with van der Waals surface area (Å²) in [7, 11) is 0. The van der Waals surface area contributed by atoms with Crippen molar-refractivity contribution in [3.63, 3.8) is 0 Å². The predicted molar refractivity (Wildman–Crippen MR) is 132 cm³/mol. The molecular formula is C26H33N5O2. The Balaban J connectivity index is 1.29. The van der Waals surface area contributed by atoms with Gasteiger partial charge in [0.15, 0.2) is 0 Å². The Morgan fingerprint density at radius 3 is 2.52 bits per heavy atom. The number of aromatic nitrogens is 2. The predicted octanol–water partition coefficient (Wildman–Crippen LogP) is 3.99. The number of hydrogen-bond donors (Lipinski definition) is 2. The average Bonchev–Trinajstić information content (AvgIpc) is 3.34. The van der Waals surface area contributed by atoms with Gasteiger partial charge in [0.05, 0.1) is 18.9 Å². The molecule has 2 aliphatic heterocycles. The highest BCUT2D eigenvalue weighted by atomic mass is 16.5. The molecule has 2 N–H and O–H groups in total. The fourth-order valence-corrected chi connectivity index (χ4v) is 5.02. The van der Waals surface area contributed by atoms with Crippen molar-refractivity contribution in [2.24, 2.45) is 0 Å². The van der Waals surface area contributed by atoms with Crippen molar-refractivity contribution in [1.29, 1.82) is 0 Å². The van der Waals surface area contributed by atoms with Crippen LogP contribution in [-0.2, 0) is 4.74 Å². The molecule has 1 amide bonds. The lowest BCUT2D eigenvalue weighted by molar-refractivity contribution is 0.00159. The van der Waals surface area contributed by atoms with Gasteiger partial charge < -0.3 is 19.9 Å². The van der Waals surface area contributed by atoms with Gasteiger partial charge in [0.1, 0.15) is 5.65 Å². The summed E-state index contributed by atoms with van der Waals surface area (Å²) >= 11 is 0. The number of aromatic amines is 1. The number of likely N-dealkylation sites (tertiary alicyclic amines) is 1. The van der Waals surface area contributed by atoms with Gasteiger partial charge in [-0.1, -0.05) is 12.1 Å². The number of carbonyl (C=O) groups is 1. The van der Waals surface area contributed by atoms with Crippen LogP contribution in [0.5, 0.6) is 0 Å². The number of benzene rings is 1. The van der Waals surface area contributed by atoms with Crippen LogP contribution in [0.25, 0.3) is 22.2 Å². The summed E-state index contributed by atoms with van der Waals surface area (Å²) in [5.74, 6) is 0.127. The van der Waals surface area contributed by atoms with Gasteiger partial charge >= 0.3 is 0 Å². The van der Waals surface area contributed by atoms with Gasteiger partial charge in [-0.2, -0.15) is 0 Å². The maximum atomic E-state index is 13.1. The van der Waals surface area contributed by atoms with E-state index in [4.69, 9.17) is 4.74 Å². The highest BCUT2D eigenvalue weighted by molar-refractivity contribution is 5.99. The number of carbonyl (C=O) groups excluding carboxylic acids is 1. The number of piperidine rings is 1. The number of amides is 1. The molecule has 5 rings (SSSR count). The number of nitrogens with zero attached hydrogens (tertiary/aromatic N) is 3. The quantitative estimate of drug-likeness (QED) is 0.619. The van der Waals surface area contributed by atoms with Gasteiger partial charge in [-0.25, -0.2) is 4.98 Å². The zero-order valence-corrected chi connectivity index (χ0v) is 19.5. The van der Waals surface area contributed by atoms with Crippen LogP contribution in [0.4, 0.5) is 5.69 Å². The number of anilines is 1. The highest BCUT2D eigenvalue weighted by Gasteiger charge is 2.28. The molecule has 0 aliphatic carbocycles. The van der Waals surface area contributed by atoms with Gasteiger partial charge in [-0.05, 0) is 50.5 Å². The Bertz CT molecular complexity index is 1090. The molecule has 0 bridgehead atoms. The smallest absolute Gasteiger partial charge is 0.253 e. The molecule has 0 radical (unpaired) electrons. The minimum absolute atomic E-state index is 0.127. The summed E-state index contributed by atoms with van der Waals surface area (Å²) in [6.07, 6.45) is 5.89. The van der Waals surface area contributed by atoms with Crippen molar-refractivity contribution in [1.82, 2.24) is 19.8 Å². The molecule has 2 aromatic heterocycles. The zero-order valence-electron chi connectivity index (χ0n) is 19.5. The largest absolute Gasteiger partial charge is 0.382 e. The number of pyridine rings is 1. The van der Waals surface area contributed by atoms with Crippen LogP contribution in [0.2, 0.25) is 0 Å². The van der Waals surface area contributed by atoms with Crippen LogP contribution in [0.3, 0.4) is 0 Å². The molecule has 0 saturated carbocycles. The van der Waals surface area contributed by atoms with Gasteiger partial charge in [-0.3, -0.25) is 9.69 Å². The van der Waals surface area contributed by atoms with Crippen LogP contribution in [0.15, 0.2) is 42.7 Å². The van der Waals surface area contributed by atoms with Gasteiger partial charge in [0.2, 0.25) is 0 Å². The summed E-state index contributed by atoms with van der Waals surface area (Å²) in [5.41, 5.74) is 4.78. The van der Waals surface area contributed by atoms with Crippen molar-refractivity contribution in [3.05, 3.63) is 48.3 Å². The third-order valence-corrected chi connectivity index (χ3v) is 6.78. The lowest BCUT2D eigenvalue weighted by Gasteiger charge is -2.40. The Hall–Kier alpha value is -2.90. The molecule has 7 nitrogen and oxygen atoms in total. The third kappa shape index (κ3) is 4.61. The fraction of sp³-hybridized carbons (Fsp3) is 0.462. The standard InChI is InChI=1S/C26H33N5O2/c1-18(2)29-24-22-7-10-27-25(22)28-17-23(24)19-3-5-20(6-4-19)26(32)31-11-8-21(9-12-31)30-13-15-33-16-14-30/h3-7,10,17-18,21H,8-9,11-16H2,1-2H3,(H2,27,28,29). The third-order valence-electron chi connectivity index (χ3n) is 6.78. The van der Waals surface area contributed by atoms with Crippen molar-refractivity contribution in [2.75, 3.05) is 44.7 Å². The van der Waals surface area contributed by atoms with Crippen molar-refractivity contribution in [3.8, 4) is 11.1 Å². The Labute approximate surface area is 195 Å². The molecule has 7 heteroatoms. The minimum Gasteiger partial charge on any atom is -0.382 e.